The Morgan fingerprint density at radius 2 is 0.722 bits per heavy atom. The number of allylic oxidation sites excluding steroid dienone is 10. The number of rotatable bonds is 18. The van der Waals surface area contributed by atoms with E-state index < -0.39 is 0 Å². The molecule has 3 nitrogen and oxygen atoms in total. The van der Waals surface area contributed by atoms with Crippen molar-refractivity contribution in [2.24, 2.45) is 0 Å². The predicted molar refractivity (Wildman–Crippen MR) is 158 cm³/mol. The van der Waals surface area contributed by atoms with E-state index in [1.54, 1.807) is 12.2 Å². The van der Waals surface area contributed by atoms with Gasteiger partial charge < -0.3 is 10.2 Å². The first-order valence-electron chi connectivity index (χ1n) is 12.7. The Kier molecular flexibility index (Phi) is 72.0. The molecular formula is C32H54O3Ti. The molecule has 0 radical (unpaired) electrons. The van der Waals surface area contributed by atoms with Crippen LogP contribution in [0, 0.1) is 13.8 Å². The van der Waals surface area contributed by atoms with Crippen LogP contribution in [0.4, 0.5) is 0 Å². The van der Waals surface area contributed by atoms with Crippen LogP contribution in [-0.4, -0.2) is 23.4 Å². The molecular weight excluding hydrogens is 480 g/mol. The van der Waals surface area contributed by atoms with Crippen LogP contribution in [0.5, 0.6) is 0 Å². The van der Waals surface area contributed by atoms with Gasteiger partial charge in [0.25, 0.3) is 0 Å². The van der Waals surface area contributed by atoms with Gasteiger partial charge in [-0.1, -0.05) is 61.4 Å². The third kappa shape index (κ3) is 76.8. The standard InChI is InChI=1S/2C8H14O.2C8H13.O.Ti/c2*1-2-3-4-5-6-7-8-9;2*1-3-5-7-8-6-4-2;;/h2*2,6-7,9H,1,3-5,8H2;2*3-5H,1-2,6-8H2;;/q;;2*-1;;+2. The molecule has 0 fully saturated rings. The molecule has 0 unspecified atom stereocenters. The second kappa shape index (κ2) is 58.7. The second-order valence-corrected chi connectivity index (χ2v) is 7.13. The summed E-state index contributed by atoms with van der Waals surface area (Å²) in [7, 11) is 0. The maximum absolute atomic E-state index is 8.32. The molecule has 2 N–H and O–H groups in total. The summed E-state index contributed by atoms with van der Waals surface area (Å²) in [6.07, 6.45) is 36.4. The van der Waals surface area contributed by atoms with Crippen molar-refractivity contribution in [2.45, 2.75) is 77.0 Å². The monoisotopic (exact) mass is 534 g/mol. The minimum absolute atomic E-state index is 0.161. The molecule has 0 aliphatic carbocycles. The molecule has 4 heteroatoms. The molecule has 0 atom stereocenters. The molecule has 0 spiro atoms. The average Bonchev–Trinajstić information content (AvgIpc) is 2.91. The molecule has 0 aliphatic rings. The van der Waals surface area contributed by atoms with Crippen LogP contribution in [0.2, 0.25) is 0 Å². The van der Waals surface area contributed by atoms with Crippen molar-refractivity contribution in [3.63, 3.8) is 0 Å². The Labute approximate surface area is 236 Å². The summed E-state index contributed by atoms with van der Waals surface area (Å²) in [6.45, 7) is 21.9. The summed E-state index contributed by atoms with van der Waals surface area (Å²) in [5, 5.41) is 16.6. The zero-order valence-corrected chi connectivity index (χ0v) is 24.4. The summed E-state index contributed by atoms with van der Waals surface area (Å²) in [5.74, 6) is 0. The molecule has 0 saturated heterocycles. The van der Waals surface area contributed by atoms with E-state index in [9.17, 15) is 0 Å². The predicted octanol–water partition coefficient (Wildman–Crippen LogP) is 9.13. The fraction of sp³-hybridized carbons (Fsp3) is 0.438. The van der Waals surface area contributed by atoms with Crippen molar-refractivity contribution in [1.82, 2.24) is 0 Å². The molecule has 0 bridgehead atoms. The van der Waals surface area contributed by atoms with Gasteiger partial charge in [0.1, 0.15) is 0 Å². The second-order valence-electron chi connectivity index (χ2n) is 7.13. The van der Waals surface area contributed by atoms with Crippen LogP contribution in [-0.2, 0) is 23.7 Å². The SMILES string of the molecule is C=CCCCC=CCO.C=CCCCC=CCO.C=CCCCC=C[CH2-].C=CCCCC=C[CH2-].[O]=[Ti+2]. The van der Waals surface area contributed by atoms with Crippen molar-refractivity contribution in [2.75, 3.05) is 13.2 Å². The van der Waals surface area contributed by atoms with Gasteiger partial charge in [-0.3, -0.25) is 0 Å². The van der Waals surface area contributed by atoms with Crippen LogP contribution in [0.25, 0.3) is 0 Å². The molecule has 0 aromatic carbocycles. The first-order chi connectivity index (χ1) is 17.7. The summed E-state index contributed by atoms with van der Waals surface area (Å²) in [4.78, 5) is 0. The first-order valence-corrected chi connectivity index (χ1v) is 13.3. The van der Waals surface area contributed by atoms with Gasteiger partial charge in [0.05, 0.1) is 13.2 Å². The zero-order chi connectivity index (χ0) is 28.4. The molecule has 0 rings (SSSR count). The maximum atomic E-state index is 8.32. The van der Waals surface area contributed by atoms with Crippen molar-refractivity contribution < 1.29 is 33.9 Å². The normalized spacial score (nSPS) is 9.78. The van der Waals surface area contributed by atoms with Gasteiger partial charge in [0, 0.05) is 0 Å². The van der Waals surface area contributed by atoms with Crippen LogP contribution in [0.3, 0.4) is 0 Å². The van der Waals surface area contributed by atoms with Crippen LogP contribution >= 0.6 is 0 Å². The number of aliphatic hydroxyl groups is 2. The van der Waals surface area contributed by atoms with E-state index in [1.165, 1.54) is 12.8 Å². The van der Waals surface area contributed by atoms with Crippen molar-refractivity contribution in [1.29, 1.82) is 0 Å². The Bertz CT molecular complexity index is 473. The zero-order valence-electron chi connectivity index (χ0n) is 22.9. The number of hydrogen-bond acceptors (Lipinski definition) is 3. The van der Waals surface area contributed by atoms with Gasteiger partial charge in [-0.05, 0) is 51.4 Å². The van der Waals surface area contributed by atoms with Gasteiger partial charge in [0.2, 0.25) is 0 Å². The number of hydrogen-bond donors (Lipinski definition) is 2. The quantitative estimate of drug-likeness (QED) is 0.0798. The van der Waals surface area contributed by atoms with E-state index in [4.69, 9.17) is 13.5 Å². The van der Waals surface area contributed by atoms with E-state index >= 15 is 0 Å². The molecule has 204 valence electrons. The Morgan fingerprint density at radius 1 is 0.472 bits per heavy atom. The third-order valence-corrected chi connectivity index (χ3v) is 3.99. The van der Waals surface area contributed by atoms with E-state index in [1.807, 2.05) is 48.6 Å². The summed E-state index contributed by atoms with van der Waals surface area (Å²) in [6, 6.07) is 0. The fourth-order valence-electron chi connectivity index (χ4n) is 2.14. The Hall–Kier alpha value is -1.91. The fourth-order valence-corrected chi connectivity index (χ4v) is 2.14. The summed E-state index contributed by atoms with van der Waals surface area (Å²) >= 11 is 0.750. The van der Waals surface area contributed by atoms with Gasteiger partial charge >= 0.3 is 23.7 Å². The summed E-state index contributed by atoms with van der Waals surface area (Å²) in [5.41, 5.74) is 0. The van der Waals surface area contributed by atoms with Gasteiger partial charge in [-0.2, -0.15) is 0 Å². The molecule has 0 aliphatic heterocycles. The molecule has 0 saturated carbocycles. The summed E-state index contributed by atoms with van der Waals surface area (Å²) < 4.78 is 8.25. The first kappa shape index (κ1) is 44.1. The van der Waals surface area contributed by atoms with E-state index in [0.29, 0.717) is 0 Å². The van der Waals surface area contributed by atoms with Gasteiger partial charge in [0.15, 0.2) is 0 Å². The van der Waals surface area contributed by atoms with Crippen molar-refractivity contribution in [3.8, 4) is 0 Å². The molecule has 0 aromatic rings. The van der Waals surface area contributed by atoms with Crippen LogP contribution in [0.15, 0.2) is 99.2 Å². The minimum atomic E-state index is 0.161. The average molecular weight is 535 g/mol. The van der Waals surface area contributed by atoms with Gasteiger partial charge in [-0.15, -0.1) is 39.2 Å². The van der Waals surface area contributed by atoms with E-state index in [-0.39, 0.29) is 13.2 Å². The van der Waals surface area contributed by atoms with Crippen LogP contribution in [0.1, 0.15) is 77.0 Å². The van der Waals surface area contributed by atoms with E-state index in [2.05, 4.69) is 52.3 Å². The van der Waals surface area contributed by atoms with E-state index in [0.717, 1.165) is 84.6 Å². The molecule has 0 heterocycles. The molecule has 0 aromatic heterocycles. The Balaban J connectivity index is -0.000000116. The topological polar surface area (TPSA) is 57.5 Å². The number of unbranched alkanes of at least 4 members (excludes halogenated alkanes) is 8. The van der Waals surface area contributed by atoms with Crippen LogP contribution < -0.4 is 0 Å². The molecule has 0 amide bonds. The third-order valence-electron chi connectivity index (χ3n) is 3.99. The molecule has 36 heavy (non-hydrogen) atoms. The number of aliphatic hydroxyl groups excluding tert-OH is 2. The Morgan fingerprint density at radius 3 is 0.917 bits per heavy atom. The van der Waals surface area contributed by atoms with Crippen molar-refractivity contribution >= 4 is 0 Å². The van der Waals surface area contributed by atoms with Gasteiger partial charge in [-0.25, -0.2) is 38.2 Å². The van der Waals surface area contributed by atoms with Crippen molar-refractivity contribution in [3.05, 3.63) is 113 Å².